The van der Waals surface area contributed by atoms with Gasteiger partial charge >= 0.3 is 5.97 Å². The fraction of sp³-hybridized carbons (Fsp3) is 0.385. The summed E-state index contributed by atoms with van der Waals surface area (Å²) in [7, 11) is 0. The molecule has 1 unspecified atom stereocenters. The van der Waals surface area contributed by atoms with Crippen LogP contribution in [0, 0.1) is 17.0 Å². The van der Waals surface area contributed by atoms with Crippen LogP contribution < -0.4 is 5.32 Å². The lowest BCUT2D eigenvalue weighted by molar-refractivity contribution is -0.385. The Bertz CT molecular complexity index is 570. The zero-order valence-corrected chi connectivity index (χ0v) is 11.5. The number of nitro benzene ring substituents is 1. The molecule has 2 N–H and O–H groups in total. The van der Waals surface area contributed by atoms with Gasteiger partial charge in [0, 0.05) is 6.07 Å². The lowest BCUT2D eigenvalue weighted by Crippen LogP contribution is -2.51. The zero-order valence-electron chi connectivity index (χ0n) is 11.5. The summed E-state index contributed by atoms with van der Waals surface area (Å²) in [6, 6.07) is 4.25. The van der Waals surface area contributed by atoms with E-state index in [0.717, 1.165) is 0 Å². The molecule has 0 aliphatic heterocycles. The second-order valence-corrected chi connectivity index (χ2v) is 4.67. The van der Waals surface area contributed by atoms with E-state index in [1.54, 1.807) is 19.9 Å². The predicted molar refractivity (Wildman–Crippen MR) is 71.6 cm³/mol. The minimum atomic E-state index is -1.47. The van der Waals surface area contributed by atoms with Crippen molar-refractivity contribution in [3.8, 4) is 0 Å². The maximum absolute atomic E-state index is 12.2. The van der Waals surface area contributed by atoms with Gasteiger partial charge in [0.05, 0.1) is 4.92 Å². The third-order valence-electron chi connectivity index (χ3n) is 3.24. The Morgan fingerprint density at radius 3 is 2.50 bits per heavy atom. The highest BCUT2D eigenvalue weighted by molar-refractivity contribution is 6.02. The van der Waals surface area contributed by atoms with E-state index >= 15 is 0 Å². The number of nitro groups is 1. The van der Waals surface area contributed by atoms with Gasteiger partial charge in [-0.15, -0.1) is 0 Å². The van der Waals surface area contributed by atoms with Crippen molar-refractivity contribution in [2.75, 3.05) is 0 Å². The monoisotopic (exact) mass is 280 g/mol. The normalized spacial score (nSPS) is 13.3. The van der Waals surface area contributed by atoms with Crippen molar-refractivity contribution in [2.45, 2.75) is 32.7 Å². The van der Waals surface area contributed by atoms with Crippen LogP contribution in [0.4, 0.5) is 5.69 Å². The summed E-state index contributed by atoms with van der Waals surface area (Å²) in [5.41, 5.74) is -1.50. The molecule has 1 amide bonds. The Morgan fingerprint density at radius 1 is 1.45 bits per heavy atom. The standard InChI is InChI=1S/C13H16N2O5/c1-4-13(3,12(17)18)14-11(16)10-8(2)6-5-7-9(10)15(19)20/h5-7H,4H2,1-3H3,(H,14,16)(H,17,18). The molecule has 7 heteroatoms. The fourth-order valence-corrected chi connectivity index (χ4v) is 1.71. The van der Waals surface area contributed by atoms with Gasteiger partial charge in [-0.25, -0.2) is 4.79 Å². The number of hydrogen-bond donors (Lipinski definition) is 2. The lowest BCUT2D eigenvalue weighted by Gasteiger charge is -2.24. The number of carboxylic acid groups (broad SMARTS) is 1. The number of rotatable bonds is 5. The first kappa shape index (κ1) is 15.6. The van der Waals surface area contributed by atoms with Gasteiger partial charge in [0.25, 0.3) is 11.6 Å². The first-order valence-electron chi connectivity index (χ1n) is 6.03. The van der Waals surface area contributed by atoms with Crippen LogP contribution in [-0.2, 0) is 4.79 Å². The van der Waals surface area contributed by atoms with Crippen LogP contribution in [0.1, 0.15) is 36.2 Å². The molecule has 0 fully saturated rings. The molecule has 0 saturated heterocycles. The van der Waals surface area contributed by atoms with Crippen molar-refractivity contribution in [1.29, 1.82) is 0 Å². The maximum atomic E-state index is 12.2. The van der Waals surface area contributed by atoms with Gasteiger partial charge in [0.1, 0.15) is 11.1 Å². The third kappa shape index (κ3) is 2.93. The van der Waals surface area contributed by atoms with E-state index in [0.29, 0.717) is 5.56 Å². The van der Waals surface area contributed by atoms with Gasteiger partial charge in [-0.3, -0.25) is 14.9 Å². The topological polar surface area (TPSA) is 110 Å². The number of amides is 1. The highest BCUT2D eigenvalue weighted by Gasteiger charge is 2.35. The largest absolute Gasteiger partial charge is 0.480 e. The summed E-state index contributed by atoms with van der Waals surface area (Å²) in [6.45, 7) is 4.53. The Kier molecular flexibility index (Phi) is 4.44. The molecule has 0 aliphatic rings. The molecule has 0 aliphatic carbocycles. The molecule has 0 spiro atoms. The Balaban J connectivity index is 3.23. The molecular formula is C13H16N2O5. The summed E-state index contributed by atoms with van der Waals surface area (Å²) < 4.78 is 0. The number of nitrogens with one attached hydrogen (secondary N) is 1. The van der Waals surface area contributed by atoms with Crippen molar-refractivity contribution in [2.24, 2.45) is 0 Å². The van der Waals surface area contributed by atoms with Crippen molar-refractivity contribution in [1.82, 2.24) is 5.32 Å². The van der Waals surface area contributed by atoms with Crippen LogP contribution in [0.3, 0.4) is 0 Å². The minimum absolute atomic E-state index is 0.113. The molecule has 1 atom stereocenters. The van der Waals surface area contributed by atoms with Crippen LogP contribution in [-0.4, -0.2) is 27.4 Å². The Labute approximate surface area is 115 Å². The smallest absolute Gasteiger partial charge is 0.329 e. The van der Waals surface area contributed by atoms with Crippen molar-refractivity contribution >= 4 is 17.6 Å². The summed E-state index contributed by atoms with van der Waals surface area (Å²) in [5.74, 6) is -1.95. The third-order valence-corrected chi connectivity index (χ3v) is 3.24. The summed E-state index contributed by atoms with van der Waals surface area (Å²) in [4.78, 5) is 33.7. The maximum Gasteiger partial charge on any atom is 0.329 e. The molecule has 1 aromatic carbocycles. The first-order valence-corrected chi connectivity index (χ1v) is 6.03. The minimum Gasteiger partial charge on any atom is -0.480 e. The Hall–Kier alpha value is -2.44. The van der Waals surface area contributed by atoms with Gasteiger partial charge in [0.15, 0.2) is 0 Å². The van der Waals surface area contributed by atoms with Gasteiger partial charge in [-0.05, 0) is 25.8 Å². The summed E-state index contributed by atoms with van der Waals surface area (Å²) in [5, 5.41) is 22.4. The van der Waals surface area contributed by atoms with E-state index in [-0.39, 0.29) is 17.7 Å². The number of benzene rings is 1. The average molecular weight is 280 g/mol. The molecule has 0 bridgehead atoms. The number of carbonyl (C=O) groups is 2. The SMILES string of the molecule is CCC(C)(NC(=O)c1c(C)cccc1[N+](=O)[O-])C(=O)O. The molecule has 1 rings (SSSR count). The number of aliphatic carboxylic acids is 1. The number of nitrogens with zero attached hydrogens (tertiary/aromatic N) is 1. The van der Waals surface area contributed by atoms with Crippen LogP contribution >= 0.6 is 0 Å². The first-order chi connectivity index (χ1) is 9.23. The quantitative estimate of drug-likeness (QED) is 0.632. The Morgan fingerprint density at radius 2 is 2.05 bits per heavy atom. The van der Waals surface area contributed by atoms with Crippen LogP contribution in [0.25, 0.3) is 0 Å². The number of hydrogen-bond acceptors (Lipinski definition) is 4. The molecule has 108 valence electrons. The van der Waals surface area contributed by atoms with Crippen molar-refractivity contribution < 1.29 is 19.6 Å². The van der Waals surface area contributed by atoms with E-state index in [1.165, 1.54) is 19.1 Å². The van der Waals surface area contributed by atoms with E-state index < -0.39 is 22.3 Å². The number of carbonyl (C=O) groups excluding carboxylic acids is 1. The molecule has 0 aromatic heterocycles. The van der Waals surface area contributed by atoms with E-state index in [1.807, 2.05) is 0 Å². The van der Waals surface area contributed by atoms with Crippen LogP contribution in [0.5, 0.6) is 0 Å². The van der Waals surface area contributed by atoms with E-state index in [2.05, 4.69) is 5.32 Å². The van der Waals surface area contributed by atoms with E-state index in [9.17, 15) is 19.7 Å². The van der Waals surface area contributed by atoms with Crippen LogP contribution in [0.2, 0.25) is 0 Å². The number of aryl methyl sites for hydroxylation is 1. The average Bonchev–Trinajstić information content (AvgIpc) is 2.37. The molecule has 0 radical (unpaired) electrons. The van der Waals surface area contributed by atoms with Gasteiger partial charge < -0.3 is 10.4 Å². The van der Waals surface area contributed by atoms with Crippen molar-refractivity contribution in [3.05, 3.63) is 39.4 Å². The second kappa shape index (κ2) is 5.68. The van der Waals surface area contributed by atoms with Gasteiger partial charge in [-0.1, -0.05) is 19.1 Å². The molecule has 1 aromatic rings. The van der Waals surface area contributed by atoms with Gasteiger partial charge in [-0.2, -0.15) is 0 Å². The molecule has 0 saturated carbocycles. The number of carboxylic acids is 1. The second-order valence-electron chi connectivity index (χ2n) is 4.67. The highest BCUT2D eigenvalue weighted by atomic mass is 16.6. The predicted octanol–water partition coefficient (Wildman–Crippen LogP) is 1.89. The zero-order chi connectivity index (χ0) is 15.5. The molecule has 20 heavy (non-hydrogen) atoms. The lowest BCUT2D eigenvalue weighted by atomic mass is 9.97. The van der Waals surface area contributed by atoms with Crippen molar-refractivity contribution in [3.63, 3.8) is 0 Å². The van der Waals surface area contributed by atoms with E-state index in [4.69, 9.17) is 5.11 Å². The molecular weight excluding hydrogens is 264 g/mol. The molecule has 7 nitrogen and oxygen atoms in total. The summed E-state index contributed by atoms with van der Waals surface area (Å²) >= 11 is 0. The fourth-order valence-electron chi connectivity index (χ4n) is 1.71. The molecule has 0 heterocycles. The summed E-state index contributed by atoms with van der Waals surface area (Å²) in [6.07, 6.45) is 0.160. The highest BCUT2D eigenvalue weighted by Crippen LogP contribution is 2.23. The van der Waals surface area contributed by atoms with Crippen LogP contribution in [0.15, 0.2) is 18.2 Å². The van der Waals surface area contributed by atoms with Gasteiger partial charge in [0.2, 0.25) is 0 Å².